The molecule has 4 nitrogen and oxygen atoms in total. The van der Waals surface area contributed by atoms with Crippen molar-refractivity contribution in [3.05, 3.63) is 11.9 Å². The highest BCUT2D eigenvalue weighted by Gasteiger charge is 2.27. The van der Waals surface area contributed by atoms with Gasteiger partial charge < -0.3 is 10.1 Å². The molecule has 1 aromatic rings. The van der Waals surface area contributed by atoms with Gasteiger partial charge in [-0.25, -0.2) is 9.97 Å². The van der Waals surface area contributed by atoms with E-state index in [-0.39, 0.29) is 5.88 Å². The summed E-state index contributed by atoms with van der Waals surface area (Å²) in [6, 6.07) is 0. The molecule has 0 radical (unpaired) electrons. The molecule has 0 amide bonds. The largest absolute Gasteiger partial charge is 0.477 e. The van der Waals surface area contributed by atoms with Crippen molar-refractivity contribution in [2.75, 3.05) is 19.0 Å². The smallest absolute Gasteiger partial charge is 0.392 e. The van der Waals surface area contributed by atoms with Crippen molar-refractivity contribution in [3.8, 4) is 5.88 Å². The lowest BCUT2D eigenvalue weighted by atomic mass is 10.2. The third-order valence-corrected chi connectivity index (χ3v) is 2.27. The van der Waals surface area contributed by atoms with Crippen molar-refractivity contribution in [3.63, 3.8) is 0 Å². The third-order valence-electron chi connectivity index (χ3n) is 2.27. The van der Waals surface area contributed by atoms with Gasteiger partial charge in [0, 0.05) is 7.05 Å². The lowest BCUT2D eigenvalue weighted by Gasteiger charge is -2.13. The summed E-state index contributed by atoms with van der Waals surface area (Å²) in [5.74, 6) is 0.814. The monoisotopic (exact) mass is 263 g/mol. The van der Waals surface area contributed by atoms with Crippen LogP contribution in [0.1, 0.15) is 25.3 Å². The van der Waals surface area contributed by atoms with Gasteiger partial charge in [0.15, 0.2) is 0 Å². The quantitative estimate of drug-likeness (QED) is 0.857. The van der Waals surface area contributed by atoms with E-state index in [9.17, 15) is 13.2 Å². The van der Waals surface area contributed by atoms with E-state index in [1.807, 2.05) is 6.92 Å². The first-order valence-electron chi connectivity index (χ1n) is 5.69. The average molecular weight is 263 g/mol. The van der Waals surface area contributed by atoms with Crippen LogP contribution in [-0.4, -0.2) is 29.8 Å². The standard InChI is InChI=1S/C11H16F3N3O/c1-3-4-8-9(15-2)16-7-17-10(8)18-6-5-11(12,13)14/h7H,3-6H2,1-2H3,(H,15,16,17). The van der Waals surface area contributed by atoms with Gasteiger partial charge in [0.1, 0.15) is 12.1 Å². The first-order chi connectivity index (χ1) is 8.48. The lowest BCUT2D eigenvalue weighted by molar-refractivity contribution is -0.139. The Balaban J connectivity index is 2.75. The Hall–Kier alpha value is -1.53. The van der Waals surface area contributed by atoms with Gasteiger partial charge in [0.2, 0.25) is 5.88 Å². The molecule has 102 valence electrons. The fourth-order valence-corrected chi connectivity index (χ4v) is 1.47. The van der Waals surface area contributed by atoms with E-state index in [0.29, 0.717) is 17.8 Å². The second-order valence-electron chi connectivity index (χ2n) is 3.72. The number of ether oxygens (including phenoxy) is 1. The van der Waals surface area contributed by atoms with Gasteiger partial charge in [-0.3, -0.25) is 0 Å². The molecular weight excluding hydrogens is 247 g/mol. The molecule has 0 atom stereocenters. The molecule has 0 aliphatic rings. The van der Waals surface area contributed by atoms with Gasteiger partial charge in [-0.2, -0.15) is 13.2 Å². The topological polar surface area (TPSA) is 47.0 Å². The third kappa shape index (κ3) is 4.38. The van der Waals surface area contributed by atoms with Crippen molar-refractivity contribution >= 4 is 5.82 Å². The summed E-state index contributed by atoms with van der Waals surface area (Å²) in [5, 5.41) is 2.87. The van der Waals surface area contributed by atoms with Crippen LogP contribution in [0.2, 0.25) is 0 Å². The highest BCUT2D eigenvalue weighted by Crippen LogP contribution is 2.25. The molecule has 7 heteroatoms. The predicted molar refractivity (Wildman–Crippen MR) is 61.7 cm³/mol. The van der Waals surface area contributed by atoms with E-state index >= 15 is 0 Å². The summed E-state index contributed by atoms with van der Waals surface area (Å²) in [6.45, 7) is 1.53. The molecule has 18 heavy (non-hydrogen) atoms. The molecule has 1 N–H and O–H groups in total. The minimum Gasteiger partial charge on any atom is -0.477 e. The van der Waals surface area contributed by atoms with Crippen LogP contribution in [0.15, 0.2) is 6.33 Å². The van der Waals surface area contributed by atoms with E-state index in [4.69, 9.17) is 4.74 Å². The molecule has 0 fully saturated rings. The van der Waals surface area contributed by atoms with Gasteiger partial charge in [-0.15, -0.1) is 0 Å². The molecule has 0 aliphatic carbocycles. The predicted octanol–water partition coefficient (Wildman–Crippen LogP) is 2.80. The number of alkyl halides is 3. The van der Waals surface area contributed by atoms with Crippen LogP contribution in [0.5, 0.6) is 5.88 Å². The first-order valence-corrected chi connectivity index (χ1v) is 5.69. The SMILES string of the molecule is CCCc1c(NC)ncnc1OCCC(F)(F)F. The van der Waals surface area contributed by atoms with Crippen LogP contribution in [0.3, 0.4) is 0 Å². The first kappa shape index (κ1) is 14.5. The van der Waals surface area contributed by atoms with Gasteiger partial charge in [0.05, 0.1) is 18.6 Å². The van der Waals surface area contributed by atoms with Crippen molar-refractivity contribution in [2.24, 2.45) is 0 Å². The van der Waals surface area contributed by atoms with Crippen molar-refractivity contribution in [1.29, 1.82) is 0 Å². The molecule has 0 unspecified atom stereocenters. The number of hydrogen-bond donors (Lipinski definition) is 1. The fourth-order valence-electron chi connectivity index (χ4n) is 1.47. The zero-order chi connectivity index (χ0) is 13.6. The Morgan fingerprint density at radius 3 is 2.61 bits per heavy atom. The summed E-state index contributed by atoms with van der Waals surface area (Å²) in [4.78, 5) is 7.89. The summed E-state index contributed by atoms with van der Waals surface area (Å²) < 4.78 is 41.2. The molecule has 0 saturated heterocycles. The summed E-state index contributed by atoms with van der Waals surface area (Å²) >= 11 is 0. The van der Waals surface area contributed by atoms with E-state index in [0.717, 1.165) is 6.42 Å². The molecule has 0 aliphatic heterocycles. The van der Waals surface area contributed by atoms with Crippen molar-refractivity contribution in [2.45, 2.75) is 32.4 Å². The minimum absolute atomic E-state index is 0.223. The second kappa shape index (κ2) is 6.42. The molecule has 0 saturated carbocycles. The maximum Gasteiger partial charge on any atom is 0.392 e. The van der Waals surface area contributed by atoms with Gasteiger partial charge in [-0.05, 0) is 6.42 Å². The number of nitrogens with one attached hydrogen (secondary N) is 1. The zero-order valence-electron chi connectivity index (χ0n) is 10.3. The van der Waals surface area contributed by atoms with Gasteiger partial charge in [0.25, 0.3) is 0 Å². The van der Waals surface area contributed by atoms with E-state index in [2.05, 4.69) is 15.3 Å². The summed E-state index contributed by atoms with van der Waals surface area (Å²) in [6.07, 6.45) is -2.45. The maximum absolute atomic E-state index is 12.0. The number of anilines is 1. The molecule has 0 bridgehead atoms. The molecule has 0 aromatic carbocycles. The minimum atomic E-state index is -4.22. The fraction of sp³-hybridized carbons (Fsp3) is 0.636. The number of halogens is 3. The van der Waals surface area contributed by atoms with Crippen LogP contribution in [0.25, 0.3) is 0 Å². The van der Waals surface area contributed by atoms with Crippen LogP contribution >= 0.6 is 0 Å². The number of rotatable bonds is 6. The van der Waals surface area contributed by atoms with Crippen LogP contribution in [-0.2, 0) is 6.42 Å². The zero-order valence-corrected chi connectivity index (χ0v) is 10.3. The van der Waals surface area contributed by atoms with Crippen LogP contribution in [0, 0.1) is 0 Å². The second-order valence-corrected chi connectivity index (χ2v) is 3.72. The maximum atomic E-state index is 12.0. The summed E-state index contributed by atoms with van der Waals surface area (Å²) in [7, 11) is 1.70. The Kier molecular flexibility index (Phi) is 5.18. The lowest BCUT2D eigenvalue weighted by Crippen LogP contribution is -2.14. The molecule has 1 aromatic heterocycles. The number of hydrogen-bond acceptors (Lipinski definition) is 4. The van der Waals surface area contributed by atoms with E-state index in [1.165, 1.54) is 6.33 Å². The van der Waals surface area contributed by atoms with Crippen LogP contribution < -0.4 is 10.1 Å². The Labute approximate surface area is 104 Å². The molecule has 0 spiro atoms. The molecular formula is C11H16F3N3O. The Bertz CT molecular complexity index is 382. The van der Waals surface area contributed by atoms with Crippen molar-refractivity contribution in [1.82, 2.24) is 9.97 Å². The Morgan fingerprint density at radius 1 is 1.33 bits per heavy atom. The molecule has 1 rings (SSSR count). The average Bonchev–Trinajstić information content (AvgIpc) is 2.29. The summed E-state index contributed by atoms with van der Waals surface area (Å²) in [5.41, 5.74) is 0.713. The van der Waals surface area contributed by atoms with E-state index < -0.39 is 19.2 Å². The number of aromatic nitrogens is 2. The van der Waals surface area contributed by atoms with Gasteiger partial charge >= 0.3 is 6.18 Å². The Morgan fingerprint density at radius 2 is 2.06 bits per heavy atom. The highest BCUT2D eigenvalue weighted by molar-refractivity contribution is 5.48. The highest BCUT2D eigenvalue weighted by atomic mass is 19.4. The molecule has 1 heterocycles. The normalized spacial score (nSPS) is 11.4. The number of nitrogens with zero attached hydrogens (tertiary/aromatic N) is 2. The van der Waals surface area contributed by atoms with Crippen LogP contribution in [0.4, 0.5) is 19.0 Å². The van der Waals surface area contributed by atoms with Crippen molar-refractivity contribution < 1.29 is 17.9 Å². The van der Waals surface area contributed by atoms with Gasteiger partial charge in [-0.1, -0.05) is 13.3 Å². The van der Waals surface area contributed by atoms with E-state index in [1.54, 1.807) is 7.05 Å².